The molecule has 1 amide bonds. The van der Waals surface area contributed by atoms with Crippen LogP contribution in [-0.2, 0) is 11.8 Å². The lowest BCUT2D eigenvalue weighted by Gasteiger charge is -2.19. The predicted octanol–water partition coefficient (Wildman–Crippen LogP) is 3.03. The Labute approximate surface area is 167 Å². The summed E-state index contributed by atoms with van der Waals surface area (Å²) in [7, 11) is 0. The SMILES string of the molecule is CCCc1c(C(=O)NC2CCNC2)nnn1-c1ccc(C(C)(C)C)cc1.Cl. The largest absolute Gasteiger partial charge is 0.347 e. The van der Waals surface area contributed by atoms with E-state index in [2.05, 4.69) is 72.9 Å². The first kappa shape index (κ1) is 21.4. The van der Waals surface area contributed by atoms with Crippen LogP contribution in [0.25, 0.3) is 5.69 Å². The van der Waals surface area contributed by atoms with Gasteiger partial charge in [-0.15, -0.1) is 17.5 Å². The molecule has 1 aromatic carbocycles. The molecule has 2 aromatic rings. The van der Waals surface area contributed by atoms with Crippen molar-refractivity contribution in [3.05, 3.63) is 41.2 Å². The summed E-state index contributed by atoms with van der Waals surface area (Å²) in [5.74, 6) is -0.125. The van der Waals surface area contributed by atoms with Crippen LogP contribution in [0.5, 0.6) is 0 Å². The van der Waals surface area contributed by atoms with Crippen molar-refractivity contribution in [3.8, 4) is 5.69 Å². The van der Waals surface area contributed by atoms with E-state index in [1.807, 2.05) is 0 Å². The Bertz CT molecular complexity index is 758. The van der Waals surface area contributed by atoms with Gasteiger partial charge in [0.1, 0.15) is 0 Å². The van der Waals surface area contributed by atoms with Crippen molar-refractivity contribution < 1.29 is 4.79 Å². The summed E-state index contributed by atoms with van der Waals surface area (Å²) in [6, 6.07) is 8.52. The third kappa shape index (κ3) is 4.87. The number of nitrogens with one attached hydrogen (secondary N) is 2. The summed E-state index contributed by atoms with van der Waals surface area (Å²) in [5.41, 5.74) is 3.63. The molecule has 0 aliphatic carbocycles. The first-order chi connectivity index (χ1) is 12.4. The molecule has 2 heterocycles. The molecule has 1 unspecified atom stereocenters. The maximum atomic E-state index is 12.7. The molecule has 2 N–H and O–H groups in total. The molecule has 27 heavy (non-hydrogen) atoms. The fourth-order valence-corrected chi connectivity index (χ4v) is 3.28. The quantitative estimate of drug-likeness (QED) is 0.821. The monoisotopic (exact) mass is 391 g/mol. The Kier molecular flexibility index (Phi) is 7.00. The zero-order valence-corrected chi connectivity index (χ0v) is 17.4. The van der Waals surface area contributed by atoms with Crippen molar-refractivity contribution in [2.45, 2.75) is 58.4 Å². The number of amides is 1. The minimum atomic E-state index is -0.125. The van der Waals surface area contributed by atoms with Crippen LogP contribution in [0.3, 0.4) is 0 Å². The molecule has 1 aromatic heterocycles. The van der Waals surface area contributed by atoms with E-state index in [0.717, 1.165) is 43.7 Å². The normalized spacial score (nSPS) is 16.8. The molecule has 0 saturated carbocycles. The number of aromatic nitrogens is 3. The Balaban J connectivity index is 0.00000261. The summed E-state index contributed by atoms with van der Waals surface area (Å²) in [5, 5.41) is 14.8. The second kappa shape index (κ2) is 8.85. The third-order valence-electron chi connectivity index (χ3n) is 4.84. The number of hydrogen-bond donors (Lipinski definition) is 2. The summed E-state index contributed by atoms with van der Waals surface area (Å²) in [6.45, 7) is 10.4. The summed E-state index contributed by atoms with van der Waals surface area (Å²) in [4.78, 5) is 12.7. The van der Waals surface area contributed by atoms with Gasteiger partial charge in [0, 0.05) is 12.6 Å². The minimum absolute atomic E-state index is 0. The van der Waals surface area contributed by atoms with Gasteiger partial charge in [-0.2, -0.15) is 0 Å². The molecule has 1 atom stereocenters. The van der Waals surface area contributed by atoms with Gasteiger partial charge in [0.15, 0.2) is 5.69 Å². The van der Waals surface area contributed by atoms with Gasteiger partial charge in [-0.05, 0) is 42.5 Å². The van der Waals surface area contributed by atoms with E-state index in [1.54, 1.807) is 4.68 Å². The highest BCUT2D eigenvalue weighted by molar-refractivity contribution is 5.93. The second-order valence-electron chi connectivity index (χ2n) is 8.01. The van der Waals surface area contributed by atoms with E-state index >= 15 is 0 Å². The zero-order valence-electron chi connectivity index (χ0n) is 16.6. The van der Waals surface area contributed by atoms with E-state index in [0.29, 0.717) is 5.69 Å². The number of nitrogens with zero attached hydrogens (tertiary/aromatic N) is 3. The van der Waals surface area contributed by atoms with Crippen molar-refractivity contribution in [1.82, 2.24) is 25.6 Å². The Morgan fingerprint density at radius 3 is 2.56 bits per heavy atom. The molecule has 3 rings (SSSR count). The molecule has 1 aliphatic rings. The van der Waals surface area contributed by atoms with Crippen molar-refractivity contribution >= 4 is 18.3 Å². The number of carbonyl (C=O) groups excluding carboxylic acids is 1. The highest BCUT2D eigenvalue weighted by atomic mass is 35.5. The van der Waals surface area contributed by atoms with Gasteiger partial charge < -0.3 is 10.6 Å². The number of hydrogen-bond acceptors (Lipinski definition) is 4. The molecule has 0 radical (unpaired) electrons. The molecule has 1 saturated heterocycles. The van der Waals surface area contributed by atoms with Crippen LogP contribution in [0.1, 0.15) is 62.3 Å². The minimum Gasteiger partial charge on any atom is -0.347 e. The van der Waals surface area contributed by atoms with E-state index in [9.17, 15) is 4.79 Å². The van der Waals surface area contributed by atoms with E-state index in [1.165, 1.54) is 5.56 Å². The third-order valence-corrected chi connectivity index (χ3v) is 4.84. The summed E-state index contributed by atoms with van der Waals surface area (Å²) >= 11 is 0. The number of halogens is 1. The van der Waals surface area contributed by atoms with Crippen LogP contribution in [-0.4, -0.2) is 40.0 Å². The lowest BCUT2D eigenvalue weighted by atomic mass is 9.87. The number of carbonyl (C=O) groups is 1. The average Bonchev–Trinajstić information content (AvgIpc) is 3.24. The van der Waals surface area contributed by atoms with E-state index in [-0.39, 0.29) is 29.8 Å². The molecular formula is C20H30ClN5O. The average molecular weight is 392 g/mol. The smallest absolute Gasteiger partial charge is 0.274 e. The standard InChI is InChI=1S/C20H29N5O.ClH/c1-5-6-17-18(19(26)22-15-11-12-21-13-15)23-24-25(17)16-9-7-14(8-10-16)20(2,3)4;/h7-10,15,21H,5-6,11-13H2,1-4H3,(H,22,26);1H. The van der Waals surface area contributed by atoms with E-state index < -0.39 is 0 Å². The molecule has 7 heteroatoms. The lowest BCUT2D eigenvalue weighted by molar-refractivity contribution is 0.0934. The van der Waals surface area contributed by atoms with Crippen molar-refractivity contribution in [2.75, 3.05) is 13.1 Å². The molecule has 1 fully saturated rings. The van der Waals surface area contributed by atoms with Gasteiger partial charge in [0.05, 0.1) is 11.4 Å². The van der Waals surface area contributed by atoms with Crippen LogP contribution in [0.15, 0.2) is 24.3 Å². The van der Waals surface area contributed by atoms with Crippen LogP contribution in [0.4, 0.5) is 0 Å². The highest BCUT2D eigenvalue weighted by Gasteiger charge is 2.24. The molecular weight excluding hydrogens is 362 g/mol. The molecule has 0 spiro atoms. The number of rotatable bonds is 5. The second-order valence-corrected chi connectivity index (χ2v) is 8.01. The zero-order chi connectivity index (χ0) is 18.7. The Morgan fingerprint density at radius 2 is 2.00 bits per heavy atom. The summed E-state index contributed by atoms with van der Waals surface area (Å²) < 4.78 is 1.80. The van der Waals surface area contributed by atoms with Crippen molar-refractivity contribution in [3.63, 3.8) is 0 Å². The van der Waals surface area contributed by atoms with Crippen LogP contribution < -0.4 is 10.6 Å². The van der Waals surface area contributed by atoms with Gasteiger partial charge in [0.25, 0.3) is 5.91 Å². The number of benzene rings is 1. The van der Waals surface area contributed by atoms with Gasteiger partial charge in [0.2, 0.25) is 0 Å². The maximum Gasteiger partial charge on any atom is 0.274 e. The Hall–Kier alpha value is -1.92. The van der Waals surface area contributed by atoms with Crippen LogP contribution in [0.2, 0.25) is 0 Å². The van der Waals surface area contributed by atoms with Crippen molar-refractivity contribution in [1.29, 1.82) is 0 Å². The first-order valence-corrected chi connectivity index (χ1v) is 9.47. The first-order valence-electron chi connectivity index (χ1n) is 9.47. The lowest BCUT2D eigenvalue weighted by Crippen LogP contribution is -2.36. The fourth-order valence-electron chi connectivity index (χ4n) is 3.28. The molecule has 6 nitrogen and oxygen atoms in total. The topological polar surface area (TPSA) is 71.8 Å². The highest BCUT2D eigenvalue weighted by Crippen LogP contribution is 2.24. The van der Waals surface area contributed by atoms with E-state index in [4.69, 9.17) is 0 Å². The van der Waals surface area contributed by atoms with Crippen LogP contribution >= 0.6 is 12.4 Å². The van der Waals surface area contributed by atoms with Gasteiger partial charge in [-0.25, -0.2) is 4.68 Å². The molecule has 1 aliphatic heterocycles. The predicted molar refractivity (Wildman–Crippen MR) is 110 cm³/mol. The summed E-state index contributed by atoms with van der Waals surface area (Å²) in [6.07, 6.45) is 2.65. The maximum absolute atomic E-state index is 12.7. The van der Waals surface area contributed by atoms with Crippen molar-refractivity contribution in [2.24, 2.45) is 0 Å². The van der Waals surface area contributed by atoms with Gasteiger partial charge in [-0.3, -0.25) is 4.79 Å². The fraction of sp³-hybridized carbons (Fsp3) is 0.550. The van der Waals surface area contributed by atoms with Crippen LogP contribution in [0, 0.1) is 0 Å². The van der Waals surface area contributed by atoms with Gasteiger partial charge in [-0.1, -0.05) is 51.5 Å². The molecule has 0 bridgehead atoms. The molecule has 148 valence electrons. The van der Waals surface area contributed by atoms with Gasteiger partial charge >= 0.3 is 0 Å². The Morgan fingerprint density at radius 1 is 1.30 bits per heavy atom.